The number of carbonyl (C=O) groups is 2. The van der Waals surface area contributed by atoms with Gasteiger partial charge in [0.05, 0.1) is 28.8 Å². The summed E-state index contributed by atoms with van der Waals surface area (Å²) < 4.78 is 11.0. The largest absolute Gasteiger partial charge is 0.490 e. The summed E-state index contributed by atoms with van der Waals surface area (Å²) in [5.74, 6) is -0.391. The van der Waals surface area contributed by atoms with Gasteiger partial charge in [-0.25, -0.2) is 4.79 Å². The smallest absolute Gasteiger partial charge is 0.341 e. The number of thiophene rings is 1. The SMILES string of the molecule is CCCCCCOc1c(Cl)cc(C(=O)Nc2sc3c(c2C(=O)OCC)CCCC3)cc1Cl. The Morgan fingerprint density at radius 2 is 1.78 bits per heavy atom. The molecule has 0 saturated heterocycles. The molecule has 0 saturated carbocycles. The van der Waals surface area contributed by atoms with Crippen LogP contribution in [0.15, 0.2) is 12.1 Å². The molecule has 0 unspecified atom stereocenters. The molecule has 1 amide bonds. The highest BCUT2D eigenvalue weighted by atomic mass is 35.5. The van der Waals surface area contributed by atoms with E-state index in [1.165, 1.54) is 11.3 Å². The molecule has 0 bridgehead atoms. The maximum Gasteiger partial charge on any atom is 0.341 e. The van der Waals surface area contributed by atoms with Crippen molar-refractivity contribution < 1.29 is 19.1 Å². The van der Waals surface area contributed by atoms with Gasteiger partial charge in [0.15, 0.2) is 5.75 Å². The number of fused-ring (bicyclic) bond motifs is 1. The molecule has 2 aromatic rings. The summed E-state index contributed by atoms with van der Waals surface area (Å²) in [6, 6.07) is 3.09. The maximum absolute atomic E-state index is 13.0. The minimum atomic E-state index is -0.398. The van der Waals surface area contributed by atoms with Crippen molar-refractivity contribution in [2.45, 2.75) is 65.2 Å². The molecule has 8 heteroatoms. The van der Waals surface area contributed by atoms with E-state index in [0.29, 0.717) is 28.5 Å². The number of aryl methyl sites for hydroxylation is 1. The molecule has 32 heavy (non-hydrogen) atoms. The van der Waals surface area contributed by atoms with E-state index in [1.807, 2.05) is 0 Å². The number of esters is 1. The summed E-state index contributed by atoms with van der Waals surface area (Å²) in [7, 11) is 0. The topological polar surface area (TPSA) is 64.6 Å². The van der Waals surface area contributed by atoms with E-state index in [9.17, 15) is 9.59 Å². The average Bonchev–Trinajstić information content (AvgIpc) is 3.13. The number of benzene rings is 1. The first-order valence-corrected chi connectivity index (χ1v) is 12.8. The summed E-state index contributed by atoms with van der Waals surface area (Å²) in [5, 5.41) is 3.97. The Kier molecular flexibility index (Phi) is 9.26. The molecule has 5 nitrogen and oxygen atoms in total. The number of carbonyl (C=O) groups excluding carboxylic acids is 2. The van der Waals surface area contributed by atoms with Crippen molar-refractivity contribution >= 4 is 51.4 Å². The second-order valence-electron chi connectivity index (χ2n) is 7.77. The van der Waals surface area contributed by atoms with E-state index >= 15 is 0 Å². The van der Waals surface area contributed by atoms with E-state index in [-0.39, 0.29) is 22.6 Å². The summed E-state index contributed by atoms with van der Waals surface area (Å²) in [6.45, 7) is 4.72. The molecule has 174 valence electrons. The van der Waals surface area contributed by atoms with Gasteiger partial charge < -0.3 is 14.8 Å². The number of amides is 1. The van der Waals surface area contributed by atoms with Crippen LogP contribution in [0.5, 0.6) is 5.75 Å². The highest BCUT2D eigenvalue weighted by Gasteiger charge is 2.27. The standard InChI is InChI=1S/C24H29Cl2NO4S/c1-3-5-6-9-12-31-21-17(25)13-15(14-18(21)26)22(28)27-23-20(24(29)30-4-2)16-10-7-8-11-19(16)32-23/h13-14H,3-12H2,1-2H3,(H,27,28). The van der Waals surface area contributed by atoms with Crippen LogP contribution in [0.3, 0.4) is 0 Å². The van der Waals surface area contributed by atoms with Crippen LogP contribution in [-0.4, -0.2) is 25.1 Å². The van der Waals surface area contributed by atoms with Crippen LogP contribution in [0.2, 0.25) is 10.0 Å². The van der Waals surface area contributed by atoms with Gasteiger partial charge in [-0.05, 0) is 56.7 Å². The fourth-order valence-corrected chi connectivity index (χ4v) is 5.65. The van der Waals surface area contributed by atoms with Gasteiger partial charge in [-0.2, -0.15) is 0 Å². The lowest BCUT2D eigenvalue weighted by Crippen LogP contribution is -2.16. The van der Waals surface area contributed by atoms with Crippen LogP contribution in [0.1, 0.15) is 83.5 Å². The molecule has 0 spiro atoms. The maximum atomic E-state index is 13.0. The molecule has 0 fully saturated rings. The molecule has 3 rings (SSSR count). The Morgan fingerprint density at radius 1 is 1.06 bits per heavy atom. The minimum Gasteiger partial charge on any atom is -0.490 e. The highest BCUT2D eigenvalue weighted by molar-refractivity contribution is 7.17. The Labute approximate surface area is 203 Å². The first-order valence-electron chi connectivity index (χ1n) is 11.2. The monoisotopic (exact) mass is 497 g/mol. The molecule has 1 aromatic heterocycles. The van der Waals surface area contributed by atoms with Crippen LogP contribution in [0, 0.1) is 0 Å². The van der Waals surface area contributed by atoms with Gasteiger partial charge in [0, 0.05) is 10.4 Å². The zero-order chi connectivity index (χ0) is 23.1. The molecule has 1 N–H and O–H groups in total. The zero-order valence-electron chi connectivity index (χ0n) is 18.5. The number of halogens is 2. The Hall–Kier alpha value is -1.76. The second-order valence-corrected chi connectivity index (χ2v) is 9.69. The van der Waals surface area contributed by atoms with E-state index in [0.717, 1.165) is 61.8 Å². The van der Waals surface area contributed by atoms with Gasteiger partial charge in [0.2, 0.25) is 0 Å². The minimum absolute atomic E-state index is 0.280. The van der Waals surface area contributed by atoms with Crippen molar-refractivity contribution in [3.8, 4) is 5.75 Å². The van der Waals surface area contributed by atoms with Crippen LogP contribution in [0.25, 0.3) is 0 Å². The van der Waals surface area contributed by atoms with Gasteiger partial charge in [0.1, 0.15) is 5.00 Å². The third-order valence-corrected chi connectivity index (χ3v) is 7.15. The van der Waals surface area contributed by atoms with Gasteiger partial charge in [0.25, 0.3) is 5.91 Å². The molecule has 1 aliphatic carbocycles. The van der Waals surface area contributed by atoms with Crippen molar-refractivity contribution in [3.63, 3.8) is 0 Å². The Bertz CT molecular complexity index is 950. The predicted molar refractivity (Wildman–Crippen MR) is 131 cm³/mol. The number of ether oxygens (including phenoxy) is 2. The van der Waals surface area contributed by atoms with Crippen LogP contribution < -0.4 is 10.1 Å². The molecule has 0 aliphatic heterocycles. The lowest BCUT2D eigenvalue weighted by Gasteiger charge is -2.13. The number of nitrogens with one attached hydrogen (secondary N) is 1. The highest BCUT2D eigenvalue weighted by Crippen LogP contribution is 2.39. The first kappa shape index (κ1) is 24.9. The summed E-state index contributed by atoms with van der Waals surface area (Å²) in [4.78, 5) is 26.7. The van der Waals surface area contributed by atoms with Gasteiger partial charge in [-0.15, -0.1) is 11.3 Å². The molecular weight excluding hydrogens is 469 g/mol. The molecule has 0 radical (unpaired) electrons. The molecule has 1 aliphatic rings. The van der Waals surface area contributed by atoms with Gasteiger partial charge >= 0.3 is 5.97 Å². The van der Waals surface area contributed by atoms with E-state index in [1.54, 1.807) is 19.1 Å². The lowest BCUT2D eigenvalue weighted by atomic mass is 9.95. The number of anilines is 1. The Morgan fingerprint density at radius 3 is 2.47 bits per heavy atom. The average molecular weight is 498 g/mol. The fraction of sp³-hybridized carbons (Fsp3) is 0.500. The third kappa shape index (κ3) is 5.97. The first-order chi connectivity index (χ1) is 15.5. The van der Waals surface area contributed by atoms with Crippen molar-refractivity contribution in [1.29, 1.82) is 0 Å². The van der Waals surface area contributed by atoms with E-state index in [4.69, 9.17) is 32.7 Å². The zero-order valence-corrected chi connectivity index (χ0v) is 20.9. The summed E-state index contributed by atoms with van der Waals surface area (Å²) in [6.07, 6.45) is 8.13. The molecule has 1 aromatic carbocycles. The molecule has 1 heterocycles. The summed E-state index contributed by atoms with van der Waals surface area (Å²) in [5.41, 5.74) is 1.78. The summed E-state index contributed by atoms with van der Waals surface area (Å²) >= 11 is 14.2. The van der Waals surface area contributed by atoms with Crippen LogP contribution >= 0.6 is 34.5 Å². The Balaban J connectivity index is 1.77. The molecule has 0 atom stereocenters. The van der Waals surface area contributed by atoms with Crippen LogP contribution in [0.4, 0.5) is 5.00 Å². The fourth-order valence-electron chi connectivity index (χ4n) is 3.78. The van der Waals surface area contributed by atoms with E-state index < -0.39 is 5.97 Å². The van der Waals surface area contributed by atoms with Gasteiger partial charge in [-0.3, -0.25) is 4.79 Å². The number of rotatable bonds is 10. The predicted octanol–water partition coefficient (Wildman–Crippen LogP) is 7.32. The van der Waals surface area contributed by atoms with Crippen molar-refractivity contribution in [2.75, 3.05) is 18.5 Å². The number of unbranched alkanes of at least 4 members (excludes halogenated alkanes) is 3. The molecular formula is C24H29Cl2NO4S. The normalized spacial score (nSPS) is 12.9. The second kappa shape index (κ2) is 11.9. The lowest BCUT2D eigenvalue weighted by molar-refractivity contribution is 0.0526. The quantitative estimate of drug-likeness (QED) is 0.275. The third-order valence-electron chi connectivity index (χ3n) is 5.38. The van der Waals surface area contributed by atoms with E-state index in [2.05, 4.69) is 12.2 Å². The van der Waals surface area contributed by atoms with Crippen molar-refractivity contribution in [2.24, 2.45) is 0 Å². The van der Waals surface area contributed by atoms with Crippen molar-refractivity contribution in [1.82, 2.24) is 0 Å². The van der Waals surface area contributed by atoms with Crippen molar-refractivity contribution in [3.05, 3.63) is 43.7 Å². The van der Waals surface area contributed by atoms with Gasteiger partial charge in [-0.1, -0.05) is 49.4 Å². The van der Waals surface area contributed by atoms with Crippen LogP contribution in [-0.2, 0) is 17.6 Å². The number of hydrogen-bond acceptors (Lipinski definition) is 5. The number of hydrogen-bond donors (Lipinski definition) is 1.